The van der Waals surface area contributed by atoms with E-state index in [2.05, 4.69) is 15.8 Å². The van der Waals surface area contributed by atoms with Crippen LogP contribution in [0.2, 0.25) is 0 Å². The van der Waals surface area contributed by atoms with E-state index in [1.807, 2.05) is 0 Å². The number of nitrogens with one attached hydrogen (secondary N) is 2. The minimum absolute atomic E-state index is 0.0468. The number of amides is 2. The average molecular weight is 552 g/mol. The lowest BCUT2D eigenvalue weighted by Crippen LogP contribution is -2.32. The minimum atomic E-state index is -0.697. The highest BCUT2D eigenvalue weighted by Crippen LogP contribution is 2.33. The van der Waals surface area contributed by atoms with Crippen LogP contribution in [-0.2, 0) is 4.79 Å². The molecule has 5 rings (SSSR count). The first kappa shape index (κ1) is 26.8. The second-order valence-electron chi connectivity index (χ2n) is 8.66. The molecule has 2 amide bonds. The zero-order chi connectivity index (χ0) is 28.6. The van der Waals surface area contributed by atoms with Crippen molar-refractivity contribution in [1.82, 2.24) is 10.7 Å². The number of hydrogen-bond donors (Lipinski definition) is 2. The molecule has 0 saturated heterocycles. The number of hydrazone groups is 1. The molecule has 0 spiro atoms. The number of rotatable bonds is 8. The topological polar surface area (TPSA) is 115 Å². The number of ether oxygens (including phenoxy) is 3. The Morgan fingerprint density at radius 3 is 2.32 bits per heavy atom. The number of halogens is 1. The molecular formula is C31H22FN3O6. The second kappa shape index (κ2) is 12.4. The van der Waals surface area contributed by atoms with E-state index in [-0.39, 0.29) is 23.8 Å². The van der Waals surface area contributed by atoms with E-state index in [9.17, 15) is 18.8 Å². The molecule has 0 unspecified atom stereocenters. The molecular weight excluding hydrogens is 529 g/mol. The third-order valence-corrected chi connectivity index (χ3v) is 5.77. The summed E-state index contributed by atoms with van der Waals surface area (Å²) in [5.41, 5.74) is 4.00. The largest absolute Gasteiger partial charge is 0.454 e. The third-order valence-electron chi connectivity index (χ3n) is 5.77. The van der Waals surface area contributed by atoms with Crippen LogP contribution in [0.4, 0.5) is 4.39 Å². The van der Waals surface area contributed by atoms with Crippen LogP contribution in [-0.4, -0.2) is 30.8 Å². The second-order valence-corrected chi connectivity index (χ2v) is 8.66. The summed E-state index contributed by atoms with van der Waals surface area (Å²) < 4.78 is 29.3. The summed E-state index contributed by atoms with van der Waals surface area (Å²) in [5, 5.41) is 6.61. The van der Waals surface area contributed by atoms with Gasteiger partial charge in [-0.15, -0.1) is 0 Å². The van der Waals surface area contributed by atoms with Crippen LogP contribution in [0.1, 0.15) is 31.8 Å². The van der Waals surface area contributed by atoms with Crippen LogP contribution in [0, 0.1) is 5.82 Å². The van der Waals surface area contributed by atoms with E-state index in [1.54, 1.807) is 60.7 Å². The van der Waals surface area contributed by atoms with Gasteiger partial charge in [-0.1, -0.05) is 30.3 Å². The molecule has 1 aliphatic rings. The van der Waals surface area contributed by atoms with Crippen molar-refractivity contribution >= 4 is 30.1 Å². The number of nitrogens with zero attached hydrogens (tertiary/aromatic N) is 1. The van der Waals surface area contributed by atoms with E-state index < -0.39 is 23.6 Å². The molecule has 0 saturated carbocycles. The fourth-order valence-corrected chi connectivity index (χ4v) is 3.74. The van der Waals surface area contributed by atoms with Crippen molar-refractivity contribution in [2.75, 3.05) is 6.79 Å². The summed E-state index contributed by atoms with van der Waals surface area (Å²) in [7, 11) is 0. The fourth-order valence-electron chi connectivity index (χ4n) is 3.74. The van der Waals surface area contributed by atoms with E-state index in [0.29, 0.717) is 28.2 Å². The summed E-state index contributed by atoms with van der Waals surface area (Å²) in [6, 6.07) is 25.1. The first-order chi connectivity index (χ1) is 19.9. The van der Waals surface area contributed by atoms with E-state index >= 15 is 0 Å². The lowest BCUT2D eigenvalue weighted by molar-refractivity contribution is -0.117. The van der Waals surface area contributed by atoms with Gasteiger partial charge in [0.2, 0.25) is 6.79 Å². The molecule has 10 heteroatoms. The molecule has 1 aliphatic heterocycles. The highest BCUT2D eigenvalue weighted by atomic mass is 19.1. The predicted molar refractivity (Wildman–Crippen MR) is 148 cm³/mol. The Morgan fingerprint density at radius 1 is 0.805 bits per heavy atom. The van der Waals surface area contributed by atoms with Crippen molar-refractivity contribution in [2.45, 2.75) is 0 Å². The standard InChI is InChI=1S/C31H22FN3O6/c32-24-8-4-7-23(17-24)31(38)41-25-12-9-20(10-13-25)18-33-35-30(37)26(34-29(36)22-5-2-1-3-6-22)15-21-11-14-27-28(16-21)40-19-39-27/h1-18H,19H2,(H,34,36)(H,35,37)/b26-15+,33-18+. The van der Waals surface area contributed by atoms with Gasteiger partial charge in [-0.05, 0) is 83.9 Å². The summed E-state index contributed by atoms with van der Waals surface area (Å²) in [5.74, 6) is -1.02. The van der Waals surface area contributed by atoms with Gasteiger partial charge in [0.1, 0.15) is 17.3 Å². The molecule has 2 N–H and O–H groups in total. The Bertz CT molecular complexity index is 1650. The molecule has 41 heavy (non-hydrogen) atoms. The van der Waals surface area contributed by atoms with Gasteiger partial charge in [-0.2, -0.15) is 5.10 Å². The van der Waals surface area contributed by atoms with Gasteiger partial charge < -0.3 is 19.5 Å². The maximum atomic E-state index is 13.4. The molecule has 1 heterocycles. The maximum absolute atomic E-state index is 13.4. The summed E-state index contributed by atoms with van der Waals surface area (Å²) in [4.78, 5) is 38.0. The molecule has 0 aromatic heterocycles. The highest BCUT2D eigenvalue weighted by Gasteiger charge is 2.17. The molecule has 0 fully saturated rings. The SMILES string of the molecule is O=C(N/N=C/c1ccc(OC(=O)c2cccc(F)c2)cc1)/C(=C\c1ccc2c(c1)OCO2)NC(=O)c1ccccc1. The van der Waals surface area contributed by atoms with Crippen LogP contribution in [0.5, 0.6) is 17.2 Å². The normalized spacial score (nSPS) is 12.2. The van der Waals surface area contributed by atoms with Crippen LogP contribution in [0.3, 0.4) is 0 Å². The fraction of sp³-hybridized carbons (Fsp3) is 0.0323. The Hall–Kier alpha value is -5.77. The number of esters is 1. The third kappa shape index (κ3) is 7.01. The first-order valence-corrected chi connectivity index (χ1v) is 12.3. The van der Waals surface area contributed by atoms with Crippen LogP contribution >= 0.6 is 0 Å². The number of benzene rings is 4. The molecule has 4 aromatic rings. The first-order valence-electron chi connectivity index (χ1n) is 12.3. The van der Waals surface area contributed by atoms with Crippen molar-refractivity contribution in [1.29, 1.82) is 0 Å². The quantitative estimate of drug-likeness (QED) is 0.108. The van der Waals surface area contributed by atoms with Crippen LogP contribution in [0.25, 0.3) is 6.08 Å². The minimum Gasteiger partial charge on any atom is -0.454 e. The summed E-state index contributed by atoms with van der Waals surface area (Å²) >= 11 is 0. The van der Waals surface area contributed by atoms with E-state index in [0.717, 1.165) is 6.07 Å². The number of carbonyl (C=O) groups excluding carboxylic acids is 3. The van der Waals surface area contributed by atoms with Crippen LogP contribution < -0.4 is 25.0 Å². The smallest absolute Gasteiger partial charge is 0.343 e. The average Bonchev–Trinajstić information content (AvgIpc) is 3.46. The van der Waals surface area contributed by atoms with Crippen molar-refractivity contribution in [3.05, 3.63) is 131 Å². The molecule has 4 aromatic carbocycles. The lowest BCUT2D eigenvalue weighted by atomic mass is 10.1. The van der Waals surface area contributed by atoms with Gasteiger partial charge in [0.05, 0.1) is 11.8 Å². The zero-order valence-electron chi connectivity index (χ0n) is 21.4. The summed E-state index contributed by atoms with van der Waals surface area (Å²) in [6.07, 6.45) is 2.88. The van der Waals surface area contributed by atoms with E-state index in [4.69, 9.17) is 14.2 Å². The molecule has 204 valence electrons. The van der Waals surface area contributed by atoms with Gasteiger partial charge in [-0.3, -0.25) is 9.59 Å². The molecule has 0 bridgehead atoms. The van der Waals surface area contributed by atoms with Crippen molar-refractivity contribution in [2.24, 2.45) is 5.10 Å². The van der Waals surface area contributed by atoms with Gasteiger partial charge in [0, 0.05) is 5.56 Å². The summed E-state index contributed by atoms with van der Waals surface area (Å²) in [6.45, 7) is 0.103. The zero-order valence-corrected chi connectivity index (χ0v) is 21.4. The Labute approximate surface area is 233 Å². The Balaban J connectivity index is 1.26. The maximum Gasteiger partial charge on any atom is 0.343 e. The van der Waals surface area contributed by atoms with Crippen LogP contribution in [0.15, 0.2) is 108 Å². The lowest BCUT2D eigenvalue weighted by Gasteiger charge is -2.09. The number of carbonyl (C=O) groups is 3. The van der Waals surface area contributed by atoms with Gasteiger partial charge >= 0.3 is 5.97 Å². The highest BCUT2D eigenvalue weighted by molar-refractivity contribution is 6.05. The molecule has 0 aliphatic carbocycles. The van der Waals surface area contributed by atoms with Gasteiger partial charge in [0.15, 0.2) is 11.5 Å². The van der Waals surface area contributed by atoms with Gasteiger partial charge in [0.25, 0.3) is 11.8 Å². The Morgan fingerprint density at radius 2 is 1.54 bits per heavy atom. The predicted octanol–water partition coefficient (Wildman–Crippen LogP) is 4.69. The molecule has 9 nitrogen and oxygen atoms in total. The number of fused-ring (bicyclic) bond motifs is 1. The van der Waals surface area contributed by atoms with Crippen molar-refractivity contribution in [3.63, 3.8) is 0 Å². The molecule has 0 radical (unpaired) electrons. The van der Waals surface area contributed by atoms with Gasteiger partial charge in [-0.25, -0.2) is 14.6 Å². The monoisotopic (exact) mass is 551 g/mol. The number of hydrogen-bond acceptors (Lipinski definition) is 7. The van der Waals surface area contributed by atoms with Crippen molar-refractivity contribution in [3.8, 4) is 17.2 Å². The van der Waals surface area contributed by atoms with Crippen molar-refractivity contribution < 1.29 is 33.0 Å². The van der Waals surface area contributed by atoms with E-state index in [1.165, 1.54) is 42.6 Å². The molecule has 0 atom stereocenters. The Kier molecular flexibility index (Phi) is 8.11.